The van der Waals surface area contributed by atoms with Crippen molar-refractivity contribution in [2.24, 2.45) is 5.92 Å². The lowest BCUT2D eigenvalue weighted by Crippen LogP contribution is -2.32. The van der Waals surface area contributed by atoms with Gasteiger partial charge in [0.1, 0.15) is 11.0 Å². The fourth-order valence-corrected chi connectivity index (χ4v) is 8.22. The summed E-state index contributed by atoms with van der Waals surface area (Å²) in [5.74, 6) is -3.70. The van der Waals surface area contributed by atoms with Crippen LogP contribution in [0.15, 0.2) is 81.0 Å². The van der Waals surface area contributed by atoms with Gasteiger partial charge in [-0.2, -0.15) is 13.2 Å². The fourth-order valence-electron chi connectivity index (χ4n) is 5.34. The Labute approximate surface area is 273 Å². The van der Waals surface area contributed by atoms with Crippen LogP contribution in [0.1, 0.15) is 21.9 Å². The van der Waals surface area contributed by atoms with Crippen LogP contribution in [0.3, 0.4) is 0 Å². The first-order chi connectivity index (χ1) is 21.8. The molecule has 0 bridgehead atoms. The first kappa shape index (κ1) is 31.5. The van der Waals surface area contributed by atoms with Crippen LogP contribution in [-0.2, 0) is 20.6 Å². The van der Waals surface area contributed by atoms with Gasteiger partial charge in [0.05, 0.1) is 27.1 Å². The van der Waals surface area contributed by atoms with Crippen LogP contribution in [0.5, 0.6) is 5.75 Å². The number of amides is 3. The summed E-state index contributed by atoms with van der Waals surface area (Å²) in [5, 5.41) is 12.9. The Hall–Kier alpha value is -4.48. The molecule has 46 heavy (non-hydrogen) atoms. The van der Waals surface area contributed by atoms with Crippen molar-refractivity contribution in [2.75, 3.05) is 16.8 Å². The number of fused-ring (bicyclic) bond motifs is 2. The molecular formula is C29H18BrF3N4O7S2. The van der Waals surface area contributed by atoms with Gasteiger partial charge >= 0.3 is 11.0 Å². The molecule has 2 aliphatic rings. The summed E-state index contributed by atoms with van der Waals surface area (Å²) in [6, 6.07) is 13.9. The largest absolute Gasteiger partial charge is 0.483 e. The highest BCUT2D eigenvalue weighted by molar-refractivity contribution is 9.10. The number of aromatic nitrogens is 1. The number of non-ortho nitro benzene ring substituents is 1. The molecule has 236 valence electrons. The number of carbonyl (C=O) groups excluding carboxylic acids is 3. The number of thioether (sulfide) groups is 1. The number of nitro benzene ring substituents is 1. The fraction of sp³-hybridized carbons (Fsp3) is 0.172. The van der Waals surface area contributed by atoms with Crippen molar-refractivity contribution in [1.82, 2.24) is 4.98 Å². The number of anilines is 2. The summed E-state index contributed by atoms with van der Waals surface area (Å²) < 4.78 is 45.7. The van der Waals surface area contributed by atoms with Gasteiger partial charge in [-0.3, -0.25) is 29.3 Å². The third kappa shape index (κ3) is 5.92. The van der Waals surface area contributed by atoms with Gasteiger partial charge in [0.15, 0.2) is 6.61 Å². The van der Waals surface area contributed by atoms with Gasteiger partial charge in [0, 0.05) is 38.7 Å². The molecule has 3 unspecified atom stereocenters. The number of ether oxygens (including phenoxy) is 1. The second kappa shape index (κ2) is 12.0. The number of benzene rings is 3. The zero-order valence-corrected chi connectivity index (χ0v) is 26.1. The normalized spacial score (nSPS) is 19.0. The van der Waals surface area contributed by atoms with E-state index in [-0.39, 0.29) is 22.8 Å². The average Bonchev–Trinajstić information content (AvgIpc) is 3.50. The number of thiazole rings is 1. The van der Waals surface area contributed by atoms with Crippen LogP contribution in [-0.4, -0.2) is 39.5 Å². The zero-order chi connectivity index (χ0) is 32.9. The molecule has 6 rings (SSSR count). The monoisotopic (exact) mass is 734 g/mol. The maximum absolute atomic E-state index is 14.0. The Bertz CT molecular complexity index is 1970. The predicted molar refractivity (Wildman–Crippen MR) is 165 cm³/mol. The molecule has 0 aliphatic carbocycles. The van der Waals surface area contributed by atoms with E-state index in [1.165, 1.54) is 36.4 Å². The number of alkyl halides is 3. The van der Waals surface area contributed by atoms with E-state index in [1.807, 2.05) is 0 Å². The van der Waals surface area contributed by atoms with Crippen LogP contribution in [0.4, 0.5) is 30.2 Å². The van der Waals surface area contributed by atoms with Crippen molar-refractivity contribution >= 4 is 73.8 Å². The Kier molecular flexibility index (Phi) is 8.24. The highest BCUT2D eigenvalue weighted by Crippen LogP contribution is 2.54. The van der Waals surface area contributed by atoms with Crippen LogP contribution in [0, 0.1) is 16.0 Å². The smallest absolute Gasteiger partial charge is 0.416 e. The molecule has 0 spiro atoms. The highest BCUT2D eigenvalue weighted by Gasteiger charge is 2.57. The Balaban J connectivity index is 1.32. The quantitative estimate of drug-likeness (QED) is 0.135. The van der Waals surface area contributed by atoms with E-state index >= 15 is 0 Å². The molecule has 2 N–H and O–H groups in total. The molecule has 1 fully saturated rings. The molecule has 0 radical (unpaired) electrons. The van der Waals surface area contributed by atoms with E-state index in [4.69, 9.17) is 4.74 Å². The van der Waals surface area contributed by atoms with Crippen molar-refractivity contribution < 1.29 is 37.2 Å². The Morgan fingerprint density at radius 2 is 1.80 bits per heavy atom. The second-order valence-corrected chi connectivity index (χ2v) is 13.2. The number of imide groups is 1. The van der Waals surface area contributed by atoms with E-state index in [0.29, 0.717) is 19.9 Å². The Morgan fingerprint density at radius 3 is 2.50 bits per heavy atom. The number of nitrogens with zero attached hydrogens (tertiary/aromatic N) is 2. The minimum atomic E-state index is -4.60. The number of nitro groups is 1. The number of hydrogen-bond acceptors (Lipinski definition) is 9. The highest BCUT2D eigenvalue weighted by atomic mass is 79.9. The predicted octanol–water partition coefficient (Wildman–Crippen LogP) is 5.94. The minimum absolute atomic E-state index is 0.0882. The first-order valence-electron chi connectivity index (χ1n) is 13.2. The van der Waals surface area contributed by atoms with Crippen molar-refractivity contribution in [3.63, 3.8) is 0 Å². The number of hydrogen-bond donors (Lipinski definition) is 2. The van der Waals surface area contributed by atoms with E-state index in [0.717, 1.165) is 46.2 Å². The number of aromatic amines is 1. The van der Waals surface area contributed by atoms with E-state index < -0.39 is 63.0 Å². The summed E-state index contributed by atoms with van der Waals surface area (Å²) >= 11 is 5.30. The third-order valence-corrected chi connectivity index (χ3v) is 10.2. The van der Waals surface area contributed by atoms with Gasteiger partial charge in [-0.1, -0.05) is 45.1 Å². The molecule has 3 amide bonds. The average molecular weight is 736 g/mol. The summed E-state index contributed by atoms with van der Waals surface area (Å²) in [6.07, 6.45) is -4.60. The molecule has 1 aromatic heterocycles. The standard InChI is InChI=1S/C29H18BrF3N4O7S2/c30-14-4-9-19(44-12-20(38)34-15-3-1-2-13(10-15)29(31,32)33)18(11-14)21-22-24(45-25-23(21)46-28(41)35-25)27(40)36(26(22)39)16-5-7-17(8-6-16)37(42)43/h1-11,21-22,24H,12H2,(H,34,38)(H,35,41). The lowest BCUT2D eigenvalue weighted by molar-refractivity contribution is -0.384. The molecule has 3 atom stereocenters. The summed E-state index contributed by atoms with van der Waals surface area (Å²) in [4.78, 5) is 67.2. The molecule has 4 aromatic rings. The minimum Gasteiger partial charge on any atom is -0.483 e. The Morgan fingerprint density at radius 1 is 1.07 bits per heavy atom. The molecule has 3 aromatic carbocycles. The molecule has 3 heterocycles. The van der Waals surface area contributed by atoms with Crippen LogP contribution >= 0.6 is 39.0 Å². The zero-order valence-electron chi connectivity index (χ0n) is 22.9. The first-order valence-corrected chi connectivity index (χ1v) is 15.7. The van der Waals surface area contributed by atoms with E-state index in [2.05, 4.69) is 26.2 Å². The van der Waals surface area contributed by atoms with Crippen LogP contribution < -0.4 is 19.8 Å². The van der Waals surface area contributed by atoms with Gasteiger partial charge in [-0.25, -0.2) is 4.90 Å². The number of H-pyrrole nitrogens is 1. The van der Waals surface area contributed by atoms with Crippen LogP contribution in [0.2, 0.25) is 0 Å². The summed E-state index contributed by atoms with van der Waals surface area (Å²) in [7, 11) is 0. The van der Waals surface area contributed by atoms with Crippen molar-refractivity contribution in [3.8, 4) is 5.75 Å². The SMILES string of the molecule is O=C(COc1ccc(Br)cc1C1c2sc(=O)[nH]c2SC2C(=O)N(c3ccc([N+](=O)[O-])cc3)C(=O)C21)Nc1cccc(C(F)(F)F)c1. The second-order valence-electron chi connectivity index (χ2n) is 10.1. The third-order valence-electron chi connectivity index (χ3n) is 7.28. The van der Waals surface area contributed by atoms with Gasteiger partial charge in [0.2, 0.25) is 11.8 Å². The number of rotatable bonds is 7. The van der Waals surface area contributed by atoms with Crippen LogP contribution in [0.25, 0.3) is 0 Å². The molecule has 17 heteroatoms. The molecule has 11 nitrogen and oxygen atoms in total. The summed E-state index contributed by atoms with van der Waals surface area (Å²) in [6.45, 7) is -0.613. The van der Waals surface area contributed by atoms with Crippen molar-refractivity contribution in [1.29, 1.82) is 0 Å². The molecule has 0 saturated carbocycles. The lowest BCUT2D eigenvalue weighted by atomic mass is 9.82. The topological polar surface area (TPSA) is 152 Å². The molecule has 2 aliphatic heterocycles. The number of halogens is 4. The van der Waals surface area contributed by atoms with Gasteiger partial charge in [-0.15, -0.1) is 0 Å². The number of nitrogens with one attached hydrogen (secondary N) is 2. The molecule has 1 saturated heterocycles. The maximum atomic E-state index is 14.0. The maximum Gasteiger partial charge on any atom is 0.416 e. The van der Waals surface area contributed by atoms with E-state index in [1.54, 1.807) is 12.1 Å². The van der Waals surface area contributed by atoms with Gasteiger partial charge < -0.3 is 15.0 Å². The van der Waals surface area contributed by atoms with Crippen molar-refractivity contribution in [3.05, 3.63) is 107 Å². The molecular weight excluding hydrogens is 717 g/mol. The van der Waals surface area contributed by atoms with Crippen molar-refractivity contribution in [2.45, 2.75) is 22.4 Å². The van der Waals surface area contributed by atoms with E-state index in [9.17, 15) is 42.5 Å². The van der Waals surface area contributed by atoms with Gasteiger partial charge in [-0.05, 0) is 48.5 Å². The summed E-state index contributed by atoms with van der Waals surface area (Å²) in [5.41, 5.74) is -0.732. The van der Waals surface area contributed by atoms with Gasteiger partial charge in [0.25, 0.3) is 11.6 Å². The number of carbonyl (C=O) groups is 3. The lowest BCUT2D eigenvalue weighted by Gasteiger charge is -2.31.